The number of halogens is 1. The van der Waals surface area contributed by atoms with Crippen molar-refractivity contribution in [1.29, 1.82) is 0 Å². The second kappa shape index (κ2) is 8.72. The Morgan fingerprint density at radius 3 is 2.50 bits per heavy atom. The molecule has 120 valence electrons. The molecule has 0 fully saturated rings. The Kier molecular flexibility index (Phi) is 7.30. The summed E-state index contributed by atoms with van der Waals surface area (Å²) in [4.78, 5) is 10.5. The average molecular weight is 415 g/mol. The maximum absolute atomic E-state index is 5.07. The van der Waals surface area contributed by atoms with Crippen LogP contribution in [0.25, 0.3) is 0 Å². The normalized spacial score (nSPS) is 11.0. The molecule has 0 spiro atoms. The van der Waals surface area contributed by atoms with Crippen molar-refractivity contribution in [2.24, 2.45) is 4.99 Å². The van der Waals surface area contributed by atoms with Crippen LogP contribution in [0.1, 0.15) is 22.8 Å². The predicted molar refractivity (Wildman–Crippen MR) is 97.3 cm³/mol. The second-order valence-corrected chi connectivity index (χ2v) is 4.98. The molecule has 1 aromatic heterocycles. The molecule has 0 unspecified atom stereocenters. The summed E-state index contributed by atoms with van der Waals surface area (Å²) in [6.07, 6.45) is 0. The van der Waals surface area contributed by atoms with Crippen molar-refractivity contribution in [2.75, 3.05) is 14.1 Å². The van der Waals surface area contributed by atoms with Crippen molar-refractivity contribution in [3.05, 3.63) is 47.1 Å². The number of benzene rings is 1. The summed E-state index contributed by atoms with van der Waals surface area (Å²) in [5.74, 6) is 1.97. The molecule has 0 radical (unpaired) electrons. The summed E-state index contributed by atoms with van der Waals surface area (Å²) >= 11 is 0. The van der Waals surface area contributed by atoms with Crippen LogP contribution in [0.2, 0.25) is 0 Å². The van der Waals surface area contributed by atoms with Gasteiger partial charge in [0.15, 0.2) is 11.8 Å². The van der Waals surface area contributed by atoms with Crippen molar-refractivity contribution in [3.8, 4) is 0 Å². The van der Waals surface area contributed by atoms with Gasteiger partial charge in [-0.05, 0) is 19.4 Å². The summed E-state index contributed by atoms with van der Waals surface area (Å²) in [6, 6.07) is 8.47. The number of aromatic nitrogens is 2. The molecule has 1 aromatic carbocycles. The van der Waals surface area contributed by atoms with Gasteiger partial charge in [-0.2, -0.15) is 4.98 Å². The third-order valence-corrected chi connectivity index (χ3v) is 3.08. The minimum atomic E-state index is 0. The van der Waals surface area contributed by atoms with Gasteiger partial charge in [-0.25, -0.2) is 0 Å². The average Bonchev–Trinajstić information content (AvgIpc) is 2.88. The van der Waals surface area contributed by atoms with Crippen LogP contribution in [-0.4, -0.2) is 35.1 Å². The zero-order valence-corrected chi connectivity index (χ0v) is 15.7. The van der Waals surface area contributed by atoms with Crippen molar-refractivity contribution < 1.29 is 4.52 Å². The SMILES string of the molecule is CN=C(NCc1nc(C)no1)N(C)Cc1ccc(C)cc1.I. The van der Waals surface area contributed by atoms with E-state index in [9.17, 15) is 0 Å². The third kappa shape index (κ3) is 5.28. The highest BCUT2D eigenvalue weighted by molar-refractivity contribution is 14.0. The lowest BCUT2D eigenvalue weighted by atomic mass is 10.1. The summed E-state index contributed by atoms with van der Waals surface area (Å²) in [5.41, 5.74) is 2.50. The molecule has 2 aromatic rings. The van der Waals surface area contributed by atoms with Gasteiger partial charge < -0.3 is 14.7 Å². The van der Waals surface area contributed by atoms with Gasteiger partial charge in [0.05, 0.1) is 6.54 Å². The van der Waals surface area contributed by atoms with Gasteiger partial charge >= 0.3 is 0 Å². The Hall–Kier alpha value is -1.64. The van der Waals surface area contributed by atoms with Gasteiger partial charge in [0.25, 0.3) is 0 Å². The lowest BCUT2D eigenvalue weighted by molar-refractivity contribution is 0.368. The molecular formula is C15H22IN5O. The van der Waals surface area contributed by atoms with Crippen molar-refractivity contribution >= 4 is 29.9 Å². The standard InChI is InChI=1S/C15H21N5O.HI/c1-11-5-7-13(8-6-11)10-20(4)15(16-3)17-9-14-18-12(2)19-21-14;/h5-8H,9-10H2,1-4H3,(H,16,17);1H. The minimum absolute atomic E-state index is 0. The number of hydrogen-bond acceptors (Lipinski definition) is 4. The minimum Gasteiger partial charge on any atom is -0.347 e. The Morgan fingerprint density at radius 2 is 1.95 bits per heavy atom. The first-order valence-corrected chi connectivity index (χ1v) is 6.85. The molecule has 0 aliphatic heterocycles. The lowest BCUT2D eigenvalue weighted by Gasteiger charge is -2.21. The van der Waals surface area contributed by atoms with Crippen LogP contribution < -0.4 is 5.32 Å². The smallest absolute Gasteiger partial charge is 0.246 e. The monoisotopic (exact) mass is 415 g/mol. The summed E-state index contributed by atoms with van der Waals surface area (Å²) in [6.45, 7) is 5.13. The predicted octanol–water partition coefficient (Wildman–Crippen LogP) is 2.51. The zero-order valence-electron chi connectivity index (χ0n) is 13.3. The molecular weight excluding hydrogens is 393 g/mol. The number of guanidine groups is 1. The molecule has 0 bridgehead atoms. The summed E-state index contributed by atoms with van der Waals surface area (Å²) in [5, 5.41) is 6.97. The van der Waals surface area contributed by atoms with Gasteiger partial charge in [0.1, 0.15) is 0 Å². The number of aryl methyl sites for hydroxylation is 2. The first-order chi connectivity index (χ1) is 10.1. The molecule has 0 amide bonds. The molecule has 0 aliphatic rings. The van der Waals surface area contributed by atoms with Crippen molar-refractivity contribution in [2.45, 2.75) is 26.9 Å². The molecule has 0 saturated heterocycles. The van der Waals surface area contributed by atoms with E-state index in [1.54, 1.807) is 14.0 Å². The number of rotatable bonds is 4. The molecule has 22 heavy (non-hydrogen) atoms. The van der Waals surface area contributed by atoms with E-state index in [0.717, 1.165) is 12.5 Å². The fraction of sp³-hybridized carbons (Fsp3) is 0.400. The van der Waals surface area contributed by atoms with Crippen LogP contribution in [0.4, 0.5) is 0 Å². The van der Waals surface area contributed by atoms with E-state index < -0.39 is 0 Å². The fourth-order valence-corrected chi connectivity index (χ4v) is 1.99. The molecule has 0 aliphatic carbocycles. The molecule has 1 N–H and O–H groups in total. The van der Waals surface area contributed by atoms with E-state index in [4.69, 9.17) is 4.52 Å². The van der Waals surface area contributed by atoms with Crippen LogP contribution in [0.3, 0.4) is 0 Å². The van der Waals surface area contributed by atoms with Gasteiger partial charge in [0, 0.05) is 20.6 Å². The second-order valence-electron chi connectivity index (χ2n) is 4.98. The Bertz CT molecular complexity index is 609. The van der Waals surface area contributed by atoms with Gasteiger partial charge in [0.2, 0.25) is 5.89 Å². The van der Waals surface area contributed by atoms with Crippen LogP contribution in [-0.2, 0) is 13.1 Å². The first-order valence-electron chi connectivity index (χ1n) is 6.85. The van der Waals surface area contributed by atoms with E-state index in [0.29, 0.717) is 18.3 Å². The first kappa shape index (κ1) is 18.4. The third-order valence-electron chi connectivity index (χ3n) is 3.08. The van der Waals surface area contributed by atoms with E-state index in [1.165, 1.54) is 11.1 Å². The number of hydrogen-bond donors (Lipinski definition) is 1. The Labute approximate surface area is 148 Å². The van der Waals surface area contributed by atoms with Gasteiger partial charge in [-0.3, -0.25) is 4.99 Å². The topological polar surface area (TPSA) is 66.5 Å². The van der Waals surface area contributed by atoms with Crippen LogP contribution >= 0.6 is 24.0 Å². The number of aliphatic imine (C=N–C) groups is 1. The number of nitrogens with zero attached hydrogens (tertiary/aromatic N) is 4. The number of nitrogens with one attached hydrogen (secondary N) is 1. The van der Waals surface area contributed by atoms with Crippen LogP contribution in [0, 0.1) is 13.8 Å². The van der Waals surface area contributed by atoms with Crippen LogP contribution in [0.5, 0.6) is 0 Å². The lowest BCUT2D eigenvalue weighted by Crippen LogP contribution is -2.38. The largest absolute Gasteiger partial charge is 0.347 e. The molecule has 6 nitrogen and oxygen atoms in total. The maximum Gasteiger partial charge on any atom is 0.246 e. The van der Waals surface area contributed by atoms with Crippen molar-refractivity contribution in [3.63, 3.8) is 0 Å². The zero-order chi connectivity index (χ0) is 15.2. The highest BCUT2D eigenvalue weighted by Gasteiger charge is 2.09. The van der Waals surface area contributed by atoms with Crippen LogP contribution in [0.15, 0.2) is 33.8 Å². The van der Waals surface area contributed by atoms with Gasteiger partial charge in [-0.1, -0.05) is 35.0 Å². The molecule has 7 heteroatoms. The van der Waals surface area contributed by atoms with E-state index in [-0.39, 0.29) is 24.0 Å². The Morgan fingerprint density at radius 1 is 1.27 bits per heavy atom. The van der Waals surface area contributed by atoms with E-state index in [1.807, 2.05) is 11.9 Å². The highest BCUT2D eigenvalue weighted by Crippen LogP contribution is 2.06. The Balaban J connectivity index is 0.00000242. The highest BCUT2D eigenvalue weighted by atomic mass is 127. The molecule has 0 atom stereocenters. The van der Waals surface area contributed by atoms with E-state index in [2.05, 4.69) is 51.6 Å². The van der Waals surface area contributed by atoms with Gasteiger partial charge in [-0.15, -0.1) is 24.0 Å². The quantitative estimate of drug-likeness (QED) is 0.472. The fourth-order valence-electron chi connectivity index (χ4n) is 1.99. The van der Waals surface area contributed by atoms with Crippen molar-refractivity contribution in [1.82, 2.24) is 20.4 Å². The summed E-state index contributed by atoms with van der Waals surface area (Å²) in [7, 11) is 3.75. The maximum atomic E-state index is 5.07. The van der Waals surface area contributed by atoms with E-state index >= 15 is 0 Å². The molecule has 0 saturated carbocycles. The molecule has 2 rings (SSSR count). The summed E-state index contributed by atoms with van der Waals surface area (Å²) < 4.78 is 5.07. The molecule has 1 heterocycles.